The predicted octanol–water partition coefficient (Wildman–Crippen LogP) is 2.26. The Morgan fingerprint density at radius 1 is 0.885 bits per heavy atom. The summed E-state index contributed by atoms with van der Waals surface area (Å²) in [5.41, 5.74) is 0. The molecule has 3 radical (unpaired) electrons. The first-order valence-electron chi connectivity index (χ1n) is 8.83. The van der Waals surface area contributed by atoms with Crippen molar-refractivity contribution >= 4 is 27.6 Å². The Kier molecular flexibility index (Phi) is 19.8. The monoisotopic (exact) mass is 436 g/mol. The summed E-state index contributed by atoms with van der Waals surface area (Å²) in [6, 6.07) is 1.15. The molecule has 155 valence electrons. The van der Waals surface area contributed by atoms with Crippen LogP contribution < -0.4 is 0 Å². The van der Waals surface area contributed by atoms with Crippen molar-refractivity contribution in [3.63, 3.8) is 0 Å². The smallest absolute Gasteiger partial charge is 0.325 e. The Labute approximate surface area is 169 Å². The van der Waals surface area contributed by atoms with Crippen molar-refractivity contribution in [2.45, 2.75) is 63.8 Å². The van der Waals surface area contributed by atoms with Crippen LogP contribution in [0.25, 0.3) is 0 Å². The molecule has 1 amide bonds. The number of aliphatic carboxylic acids is 1. The molecule has 0 rings (SSSR count). The minimum atomic E-state index is -1.14. The van der Waals surface area contributed by atoms with Crippen LogP contribution in [0, 0.1) is 0 Å². The first-order valence-corrected chi connectivity index (χ1v) is 9.95. The Morgan fingerprint density at radius 3 is 1.92 bits per heavy atom. The summed E-state index contributed by atoms with van der Waals surface area (Å²) in [6.07, 6.45) is 9.05. The molecule has 7 nitrogen and oxygen atoms in total. The average molecular weight is 437 g/mol. The molecule has 0 atom stereocenters. The zero-order valence-electron chi connectivity index (χ0n) is 15.7. The fourth-order valence-corrected chi connectivity index (χ4v) is 3.01. The van der Waals surface area contributed by atoms with Gasteiger partial charge in [0.05, 0.1) is 7.11 Å². The van der Waals surface area contributed by atoms with Crippen molar-refractivity contribution in [3.8, 4) is 0 Å². The maximum Gasteiger partial charge on any atom is 0.325 e. The number of carbonyl (C=O) groups excluding carboxylic acids is 2. The number of amides is 1. The van der Waals surface area contributed by atoms with E-state index in [0.717, 1.165) is 30.2 Å². The van der Waals surface area contributed by atoms with E-state index in [1.807, 2.05) is 0 Å². The van der Waals surface area contributed by atoms with Crippen LogP contribution in [0.15, 0.2) is 0 Å². The van der Waals surface area contributed by atoms with Crippen molar-refractivity contribution < 1.29 is 45.7 Å². The Balaban J connectivity index is 0. The second-order valence-electron chi connectivity index (χ2n) is 5.90. The summed E-state index contributed by atoms with van der Waals surface area (Å²) >= 11 is 0. The van der Waals surface area contributed by atoms with Gasteiger partial charge in [0.1, 0.15) is 13.1 Å². The van der Waals surface area contributed by atoms with E-state index in [1.54, 1.807) is 7.11 Å². The minimum Gasteiger partial charge on any atom is -0.480 e. The Morgan fingerprint density at radius 2 is 1.42 bits per heavy atom. The normalized spacial score (nSPS) is 10.1. The standard InChI is InChI=1S/C17H31NO6Si.Cu/c1-23-17(22)14-18(13-16(20)21)15(19)11-9-7-5-3-4-6-8-10-12-25-24-2;/h3-14H2,1-2H3,(H,20,21);. The molecule has 0 bridgehead atoms. The van der Waals surface area contributed by atoms with E-state index in [9.17, 15) is 14.4 Å². The van der Waals surface area contributed by atoms with E-state index in [-0.39, 0.29) is 35.9 Å². The molecule has 0 saturated carbocycles. The second kappa shape index (κ2) is 18.9. The van der Waals surface area contributed by atoms with Crippen molar-refractivity contribution in [1.29, 1.82) is 0 Å². The van der Waals surface area contributed by atoms with Crippen molar-refractivity contribution in [2.75, 3.05) is 27.3 Å². The third-order valence-electron chi connectivity index (χ3n) is 3.79. The largest absolute Gasteiger partial charge is 0.480 e. The summed E-state index contributed by atoms with van der Waals surface area (Å²) in [7, 11) is 3.56. The molecule has 0 saturated heterocycles. The van der Waals surface area contributed by atoms with E-state index in [1.165, 1.54) is 32.8 Å². The van der Waals surface area contributed by atoms with Gasteiger partial charge in [-0.1, -0.05) is 44.9 Å². The van der Waals surface area contributed by atoms with E-state index in [2.05, 4.69) is 4.74 Å². The fraction of sp³-hybridized carbons (Fsp3) is 0.824. The van der Waals surface area contributed by atoms with Gasteiger partial charge >= 0.3 is 11.9 Å². The molecule has 0 aromatic carbocycles. The SMILES string of the molecule is CO[Si]CCCCCCCCCCC(=O)N(CC(=O)O)CC(=O)OC.[Cu]. The molecule has 0 aliphatic heterocycles. The van der Waals surface area contributed by atoms with E-state index in [0.29, 0.717) is 16.2 Å². The molecule has 0 aromatic rings. The van der Waals surface area contributed by atoms with Gasteiger partial charge in [-0.25, -0.2) is 0 Å². The molecular formula is C17H31CuNO6Si. The number of carbonyl (C=O) groups is 3. The van der Waals surface area contributed by atoms with Crippen LogP contribution in [-0.2, 0) is 40.6 Å². The summed E-state index contributed by atoms with van der Waals surface area (Å²) in [4.78, 5) is 35.1. The van der Waals surface area contributed by atoms with Crippen LogP contribution in [-0.4, -0.2) is 64.9 Å². The quantitative estimate of drug-likeness (QED) is 0.226. The fourth-order valence-electron chi connectivity index (χ4n) is 2.41. The van der Waals surface area contributed by atoms with Gasteiger partial charge in [0.2, 0.25) is 15.7 Å². The first kappa shape index (κ1) is 27.3. The number of hydrogen-bond donors (Lipinski definition) is 1. The number of nitrogens with zero attached hydrogens (tertiary/aromatic N) is 1. The summed E-state index contributed by atoms with van der Waals surface area (Å²) < 4.78 is 9.53. The Bertz CT molecular complexity index is 397. The third-order valence-corrected chi connectivity index (χ3v) is 4.64. The minimum absolute atomic E-state index is 0. The van der Waals surface area contributed by atoms with Crippen molar-refractivity contribution in [2.24, 2.45) is 0 Å². The van der Waals surface area contributed by atoms with Gasteiger partial charge in [0, 0.05) is 30.6 Å². The molecule has 0 spiro atoms. The molecular weight excluding hydrogens is 406 g/mol. The molecule has 0 unspecified atom stereocenters. The average Bonchev–Trinajstić information content (AvgIpc) is 2.58. The number of carboxylic acids is 1. The number of ether oxygens (including phenoxy) is 1. The van der Waals surface area contributed by atoms with Crippen molar-refractivity contribution in [1.82, 2.24) is 4.90 Å². The van der Waals surface area contributed by atoms with Gasteiger partial charge in [-0.2, -0.15) is 0 Å². The van der Waals surface area contributed by atoms with Crippen LogP contribution in [0.5, 0.6) is 0 Å². The molecule has 26 heavy (non-hydrogen) atoms. The molecule has 0 fully saturated rings. The van der Waals surface area contributed by atoms with Gasteiger partial charge in [-0.15, -0.1) is 0 Å². The van der Waals surface area contributed by atoms with Crippen LogP contribution in [0.3, 0.4) is 0 Å². The van der Waals surface area contributed by atoms with Crippen LogP contribution in [0.4, 0.5) is 0 Å². The zero-order chi connectivity index (χ0) is 18.9. The van der Waals surface area contributed by atoms with E-state index < -0.39 is 18.5 Å². The molecule has 1 N–H and O–H groups in total. The van der Waals surface area contributed by atoms with Crippen LogP contribution >= 0.6 is 0 Å². The molecule has 0 heterocycles. The number of carboxylic acid groups (broad SMARTS) is 1. The van der Waals surface area contributed by atoms with Crippen LogP contribution in [0.2, 0.25) is 6.04 Å². The summed E-state index contributed by atoms with van der Waals surface area (Å²) in [5, 5.41) is 8.83. The van der Waals surface area contributed by atoms with E-state index in [4.69, 9.17) is 9.53 Å². The number of unbranched alkanes of at least 4 members (excludes halogenated alkanes) is 7. The second-order valence-corrected chi connectivity index (χ2v) is 7.09. The van der Waals surface area contributed by atoms with Gasteiger partial charge in [0.15, 0.2) is 0 Å². The number of hydrogen-bond acceptors (Lipinski definition) is 5. The summed E-state index contributed by atoms with van der Waals surface area (Å²) in [5.74, 6) is -2.06. The number of methoxy groups -OCH3 is 1. The number of rotatable bonds is 16. The zero-order valence-corrected chi connectivity index (χ0v) is 17.7. The molecule has 0 aromatic heterocycles. The maximum absolute atomic E-state index is 12.0. The van der Waals surface area contributed by atoms with Crippen LogP contribution in [0.1, 0.15) is 57.8 Å². The van der Waals surface area contributed by atoms with Gasteiger partial charge < -0.3 is 19.2 Å². The number of esters is 1. The topological polar surface area (TPSA) is 93.1 Å². The molecule has 9 heteroatoms. The van der Waals surface area contributed by atoms with Crippen molar-refractivity contribution in [3.05, 3.63) is 0 Å². The first-order chi connectivity index (χ1) is 12.0. The Hall–Kier alpha value is -0.894. The van der Waals surface area contributed by atoms with Gasteiger partial charge in [-0.05, 0) is 12.5 Å². The predicted molar refractivity (Wildman–Crippen MR) is 95.4 cm³/mol. The summed E-state index contributed by atoms with van der Waals surface area (Å²) in [6.45, 7) is -0.789. The molecule has 0 aliphatic rings. The maximum atomic E-state index is 12.0. The van der Waals surface area contributed by atoms with Gasteiger partial charge in [0.25, 0.3) is 0 Å². The van der Waals surface area contributed by atoms with E-state index >= 15 is 0 Å². The molecule has 0 aliphatic carbocycles. The third kappa shape index (κ3) is 16.6. The van der Waals surface area contributed by atoms with Gasteiger partial charge in [-0.3, -0.25) is 14.4 Å².